The topological polar surface area (TPSA) is 42.0 Å². The van der Waals surface area contributed by atoms with E-state index in [0.29, 0.717) is 12.1 Å². The van der Waals surface area contributed by atoms with Gasteiger partial charge in [0, 0.05) is 12.1 Å². The molecule has 0 atom stereocenters. The first kappa shape index (κ1) is 13.6. The van der Waals surface area contributed by atoms with Crippen LogP contribution in [0.5, 0.6) is 0 Å². The number of halogens is 2. The molecule has 1 heterocycles. The first-order valence-electron chi connectivity index (χ1n) is 4.73. The van der Waals surface area contributed by atoms with Gasteiger partial charge in [-0.2, -0.15) is 11.8 Å². The lowest BCUT2D eigenvalue weighted by Crippen LogP contribution is -2.24. The van der Waals surface area contributed by atoms with E-state index in [1.54, 1.807) is 11.8 Å². The summed E-state index contributed by atoms with van der Waals surface area (Å²) in [5, 5.41) is 3.24. The summed E-state index contributed by atoms with van der Waals surface area (Å²) in [6.45, 7) is 0.650. The second-order valence-corrected chi connectivity index (χ2v) is 4.86. The van der Waals surface area contributed by atoms with Crippen molar-refractivity contribution in [3.63, 3.8) is 0 Å². The molecule has 0 saturated carbocycles. The van der Waals surface area contributed by atoms with E-state index in [4.69, 9.17) is 23.2 Å². The molecule has 0 aliphatic heterocycles. The molecule has 16 heavy (non-hydrogen) atoms. The van der Waals surface area contributed by atoms with Gasteiger partial charge in [-0.25, -0.2) is 4.98 Å². The van der Waals surface area contributed by atoms with Gasteiger partial charge in [-0.1, -0.05) is 23.2 Å². The molecule has 6 heteroatoms. The van der Waals surface area contributed by atoms with E-state index in [1.807, 2.05) is 6.26 Å². The molecule has 1 aromatic rings. The largest absolute Gasteiger partial charge is 0.352 e. The van der Waals surface area contributed by atoms with Crippen molar-refractivity contribution >= 4 is 40.9 Å². The average Bonchev–Trinajstić information content (AvgIpc) is 2.22. The molecule has 3 nitrogen and oxygen atoms in total. The van der Waals surface area contributed by atoms with Gasteiger partial charge in [0.25, 0.3) is 5.91 Å². The van der Waals surface area contributed by atoms with Crippen LogP contribution in [0.25, 0.3) is 0 Å². The minimum absolute atomic E-state index is 0.174. The van der Waals surface area contributed by atoms with Crippen molar-refractivity contribution in [3.8, 4) is 0 Å². The summed E-state index contributed by atoms with van der Waals surface area (Å²) in [7, 11) is 0. The molecule has 0 saturated heterocycles. The highest BCUT2D eigenvalue weighted by Gasteiger charge is 2.07. The van der Waals surface area contributed by atoms with Gasteiger partial charge in [0.15, 0.2) is 0 Å². The van der Waals surface area contributed by atoms with Crippen LogP contribution in [0.2, 0.25) is 10.3 Å². The van der Waals surface area contributed by atoms with Crippen LogP contribution in [0.15, 0.2) is 12.1 Å². The Morgan fingerprint density at radius 3 is 2.62 bits per heavy atom. The van der Waals surface area contributed by atoms with E-state index in [0.717, 1.165) is 12.2 Å². The Morgan fingerprint density at radius 2 is 2.06 bits per heavy atom. The maximum atomic E-state index is 11.6. The van der Waals surface area contributed by atoms with Crippen LogP contribution >= 0.6 is 35.0 Å². The van der Waals surface area contributed by atoms with E-state index in [-0.39, 0.29) is 16.2 Å². The first-order chi connectivity index (χ1) is 7.63. The molecule has 1 aromatic heterocycles. The third-order valence-corrected chi connectivity index (χ3v) is 2.92. The standard InChI is InChI=1S/C10H12Cl2N2OS/c1-16-4-2-3-13-10(15)7-5-8(11)14-9(12)6-7/h5-6H,2-4H2,1H3,(H,13,15). The lowest BCUT2D eigenvalue weighted by Gasteiger charge is -2.05. The first-order valence-corrected chi connectivity index (χ1v) is 6.88. The number of thioether (sulfide) groups is 1. The van der Waals surface area contributed by atoms with Gasteiger partial charge in [0.1, 0.15) is 10.3 Å². The van der Waals surface area contributed by atoms with Gasteiger partial charge in [0.2, 0.25) is 0 Å². The zero-order valence-corrected chi connectivity index (χ0v) is 11.1. The number of carbonyl (C=O) groups is 1. The van der Waals surface area contributed by atoms with Gasteiger partial charge < -0.3 is 5.32 Å². The van der Waals surface area contributed by atoms with Crippen LogP contribution in [-0.4, -0.2) is 29.4 Å². The van der Waals surface area contributed by atoms with E-state index in [1.165, 1.54) is 12.1 Å². The Balaban J connectivity index is 2.52. The Labute approximate surface area is 109 Å². The molecule has 0 aliphatic carbocycles. The molecule has 0 unspecified atom stereocenters. The lowest BCUT2D eigenvalue weighted by atomic mass is 10.2. The zero-order chi connectivity index (χ0) is 12.0. The summed E-state index contributed by atoms with van der Waals surface area (Å²) in [6.07, 6.45) is 2.98. The van der Waals surface area contributed by atoms with Crippen LogP contribution in [0.4, 0.5) is 0 Å². The monoisotopic (exact) mass is 278 g/mol. The minimum atomic E-state index is -0.174. The second kappa shape index (κ2) is 6.99. The van der Waals surface area contributed by atoms with Crippen molar-refractivity contribution in [2.24, 2.45) is 0 Å². The molecule has 0 radical (unpaired) electrons. The van der Waals surface area contributed by atoms with Crippen LogP contribution in [0.3, 0.4) is 0 Å². The summed E-state index contributed by atoms with van der Waals surface area (Å²) in [5.74, 6) is 0.852. The number of aromatic nitrogens is 1. The summed E-state index contributed by atoms with van der Waals surface area (Å²) < 4.78 is 0. The molecule has 0 aromatic carbocycles. The fourth-order valence-electron chi connectivity index (χ4n) is 1.12. The van der Waals surface area contributed by atoms with E-state index in [9.17, 15) is 4.79 Å². The molecule has 0 aliphatic rings. The van der Waals surface area contributed by atoms with Crippen molar-refractivity contribution in [1.82, 2.24) is 10.3 Å². The highest BCUT2D eigenvalue weighted by molar-refractivity contribution is 7.98. The highest BCUT2D eigenvalue weighted by Crippen LogP contribution is 2.14. The molecule has 0 fully saturated rings. The summed E-state index contributed by atoms with van der Waals surface area (Å²) >= 11 is 13.1. The van der Waals surface area contributed by atoms with Crippen LogP contribution in [-0.2, 0) is 0 Å². The van der Waals surface area contributed by atoms with E-state index < -0.39 is 0 Å². The lowest BCUT2D eigenvalue weighted by molar-refractivity contribution is 0.0953. The summed E-state index contributed by atoms with van der Waals surface area (Å²) in [5.41, 5.74) is 0.439. The minimum Gasteiger partial charge on any atom is -0.352 e. The van der Waals surface area contributed by atoms with E-state index >= 15 is 0 Å². The average molecular weight is 279 g/mol. The predicted octanol–water partition coefficient (Wildman–Crippen LogP) is 2.87. The number of pyridine rings is 1. The highest BCUT2D eigenvalue weighted by atomic mass is 35.5. The zero-order valence-electron chi connectivity index (χ0n) is 8.80. The molecule has 0 bridgehead atoms. The van der Waals surface area contributed by atoms with Crippen molar-refractivity contribution in [3.05, 3.63) is 28.0 Å². The molecule has 0 spiro atoms. The molecule has 88 valence electrons. The fraction of sp³-hybridized carbons (Fsp3) is 0.400. The van der Waals surface area contributed by atoms with Crippen molar-refractivity contribution < 1.29 is 4.79 Å². The number of nitrogens with zero attached hydrogens (tertiary/aromatic N) is 1. The third-order valence-electron chi connectivity index (χ3n) is 1.84. The SMILES string of the molecule is CSCCCNC(=O)c1cc(Cl)nc(Cl)c1. The molecule has 1 N–H and O–H groups in total. The number of nitrogens with one attached hydrogen (secondary N) is 1. The maximum Gasteiger partial charge on any atom is 0.251 e. The van der Waals surface area contributed by atoms with Gasteiger partial charge in [-0.15, -0.1) is 0 Å². The second-order valence-electron chi connectivity index (χ2n) is 3.10. The Kier molecular flexibility index (Phi) is 5.95. The number of rotatable bonds is 5. The van der Waals surface area contributed by atoms with Gasteiger partial charge in [-0.05, 0) is 30.6 Å². The Bertz CT molecular complexity index is 354. The number of amides is 1. The van der Waals surface area contributed by atoms with Crippen LogP contribution in [0, 0.1) is 0 Å². The molecule has 1 rings (SSSR count). The number of hydrogen-bond acceptors (Lipinski definition) is 3. The van der Waals surface area contributed by atoms with Crippen LogP contribution < -0.4 is 5.32 Å². The smallest absolute Gasteiger partial charge is 0.251 e. The quantitative estimate of drug-likeness (QED) is 0.665. The third kappa shape index (κ3) is 4.60. The Hall–Kier alpha value is -0.450. The van der Waals surface area contributed by atoms with Crippen LogP contribution in [0.1, 0.15) is 16.8 Å². The normalized spacial score (nSPS) is 10.2. The predicted molar refractivity (Wildman–Crippen MR) is 69.6 cm³/mol. The van der Waals surface area contributed by atoms with Crippen molar-refractivity contribution in [1.29, 1.82) is 0 Å². The fourth-order valence-corrected chi connectivity index (χ4v) is 2.01. The number of hydrogen-bond donors (Lipinski definition) is 1. The van der Waals surface area contributed by atoms with Crippen molar-refractivity contribution in [2.75, 3.05) is 18.6 Å². The molecule has 1 amide bonds. The molecular weight excluding hydrogens is 267 g/mol. The summed E-state index contributed by atoms with van der Waals surface area (Å²) in [4.78, 5) is 15.4. The maximum absolute atomic E-state index is 11.6. The van der Waals surface area contributed by atoms with Crippen molar-refractivity contribution in [2.45, 2.75) is 6.42 Å². The van der Waals surface area contributed by atoms with E-state index in [2.05, 4.69) is 10.3 Å². The molecular formula is C10H12Cl2N2OS. The summed E-state index contributed by atoms with van der Waals surface area (Å²) in [6, 6.07) is 2.99. The van der Waals surface area contributed by atoms with Gasteiger partial charge in [-0.3, -0.25) is 4.79 Å². The Morgan fingerprint density at radius 1 is 1.44 bits per heavy atom. The van der Waals surface area contributed by atoms with Gasteiger partial charge in [0.05, 0.1) is 0 Å². The number of carbonyl (C=O) groups excluding carboxylic acids is 1. The van der Waals surface area contributed by atoms with Gasteiger partial charge >= 0.3 is 0 Å².